The molecule has 3 N–H and O–H groups in total. The molecule has 0 spiro atoms. The first kappa shape index (κ1) is 25.6. The van der Waals surface area contributed by atoms with E-state index < -0.39 is 0 Å². The lowest BCUT2D eigenvalue weighted by Gasteiger charge is -2.15. The minimum absolute atomic E-state index is 0.0144. The van der Waals surface area contributed by atoms with Crippen molar-refractivity contribution in [2.45, 2.75) is 20.3 Å². The van der Waals surface area contributed by atoms with E-state index in [-0.39, 0.29) is 18.3 Å². The number of aromatic nitrogens is 1. The van der Waals surface area contributed by atoms with E-state index in [2.05, 4.69) is 20.6 Å². The molecule has 1 heterocycles. The van der Waals surface area contributed by atoms with Gasteiger partial charge in [0, 0.05) is 48.3 Å². The Bertz CT molecular complexity index is 1040. The Morgan fingerprint density at radius 2 is 2.09 bits per heavy atom. The Morgan fingerprint density at radius 3 is 2.75 bits per heavy atom. The van der Waals surface area contributed by atoms with E-state index >= 15 is 0 Å². The monoisotopic (exact) mass is 476 g/mol. The number of hydrogen-bond acceptors (Lipinski definition) is 6. The Morgan fingerprint density at radius 1 is 1.31 bits per heavy atom. The van der Waals surface area contributed by atoms with Crippen molar-refractivity contribution < 1.29 is 14.3 Å². The molecule has 0 saturated carbocycles. The maximum atomic E-state index is 14.6. The van der Waals surface area contributed by atoms with Crippen LogP contribution in [0.4, 0.5) is 15.9 Å². The third-order valence-corrected chi connectivity index (χ3v) is 5.37. The number of benzene rings is 1. The van der Waals surface area contributed by atoms with Crippen molar-refractivity contribution in [2.75, 3.05) is 30.0 Å². The van der Waals surface area contributed by atoms with Crippen molar-refractivity contribution in [2.24, 2.45) is 4.99 Å². The van der Waals surface area contributed by atoms with Crippen molar-refractivity contribution in [3.8, 4) is 0 Å². The molecule has 0 bridgehead atoms. The first-order chi connectivity index (χ1) is 15.4. The Hall–Kier alpha value is -2.68. The third kappa shape index (κ3) is 7.78. The highest BCUT2D eigenvalue weighted by molar-refractivity contribution is 8.14. The fourth-order valence-corrected chi connectivity index (χ4v) is 3.66. The van der Waals surface area contributed by atoms with E-state index in [0.29, 0.717) is 50.6 Å². The topological polar surface area (TPSA) is 86.6 Å². The van der Waals surface area contributed by atoms with Crippen molar-refractivity contribution in [1.29, 1.82) is 0 Å². The SMILES string of the molecule is CC/C=C(/C=C(/Nc1ccnc(NC(C)=O)c1)C(=NC)SCCO)c1cc(Cl)ccc1F. The number of allylic oxidation sites excluding steroid dienone is 3. The van der Waals surface area contributed by atoms with Gasteiger partial charge in [-0.3, -0.25) is 9.79 Å². The van der Waals surface area contributed by atoms with Crippen LogP contribution >= 0.6 is 23.4 Å². The van der Waals surface area contributed by atoms with E-state index in [9.17, 15) is 14.3 Å². The van der Waals surface area contributed by atoms with Gasteiger partial charge in [-0.15, -0.1) is 11.8 Å². The van der Waals surface area contributed by atoms with Gasteiger partial charge in [0.1, 0.15) is 16.7 Å². The number of nitrogens with zero attached hydrogens (tertiary/aromatic N) is 2. The van der Waals surface area contributed by atoms with Gasteiger partial charge in [-0.05, 0) is 42.3 Å². The molecule has 0 radical (unpaired) electrons. The first-order valence-corrected chi connectivity index (χ1v) is 11.3. The molecule has 32 heavy (non-hydrogen) atoms. The summed E-state index contributed by atoms with van der Waals surface area (Å²) in [5.74, 6) is 0.214. The lowest BCUT2D eigenvalue weighted by Crippen LogP contribution is -2.12. The lowest BCUT2D eigenvalue weighted by atomic mass is 10.0. The summed E-state index contributed by atoms with van der Waals surface area (Å²) in [5, 5.41) is 16.3. The molecule has 0 saturated heterocycles. The number of aliphatic hydroxyl groups excluding tert-OH is 1. The second-order valence-electron chi connectivity index (χ2n) is 6.59. The zero-order valence-corrected chi connectivity index (χ0v) is 19.7. The second-order valence-corrected chi connectivity index (χ2v) is 8.11. The first-order valence-electron chi connectivity index (χ1n) is 9.96. The summed E-state index contributed by atoms with van der Waals surface area (Å²) in [6, 6.07) is 7.84. The summed E-state index contributed by atoms with van der Waals surface area (Å²) in [5.41, 5.74) is 2.26. The van der Waals surface area contributed by atoms with Gasteiger partial charge in [-0.1, -0.05) is 24.6 Å². The van der Waals surface area contributed by atoms with E-state index in [1.54, 1.807) is 37.5 Å². The Kier molecular flexibility index (Phi) is 10.4. The van der Waals surface area contributed by atoms with Gasteiger partial charge in [-0.25, -0.2) is 9.37 Å². The summed E-state index contributed by atoms with van der Waals surface area (Å²) >= 11 is 7.48. The molecule has 2 aromatic rings. The Balaban J connectivity index is 2.54. The predicted octanol–water partition coefficient (Wildman–Crippen LogP) is 5.38. The molecule has 2 rings (SSSR count). The lowest BCUT2D eigenvalue weighted by molar-refractivity contribution is -0.114. The van der Waals surface area contributed by atoms with Crippen LogP contribution in [0, 0.1) is 5.82 Å². The van der Waals surface area contributed by atoms with Gasteiger partial charge in [-0.2, -0.15) is 0 Å². The van der Waals surface area contributed by atoms with Crippen LogP contribution < -0.4 is 10.6 Å². The largest absolute Gasteiger partial charge is 0.396 e. The number of amides is 1. The quantitative estimate of drug-likeness (QED) is 0.257. The van der Waals surface area contributed by atoms with Crippen LogP contribution in [0.25, 0.3) is 5.57 Å². The van der Waals surface area contributed by atoms with Gasteiger partial charge in [0.25, 0.3) is 0 Å². The second kappa shape index (κ2) is 13.0. The van der Waals surface area contributed by atoms with Gasteiger partial charge in [0.2, 0.25) is 5.91 Å². The molecular formula is C23H26ClFN4O2S. The van der Waals surface area contributed by atoms with Crippen LogP contribution in [0.5, 0.6) is 0 Å². The van der Waals surface area contributed by atoms with E-state index in [1.165, 1.54) is 30.8 Å². The molecule has 0 fully saturated rings. The molecule has 170 valence electrons. The number of aliphatic imine (C=N–C) groups is 1. The maximum Gasteiger partial charge on any atom is 0.222 e. The maximum absolute atomic E-state index is 14.6. The van der Waals surface area contributed by atoms with E-state index in [4.69, 9.17) is 11.6 Å². The highest BCUT2D eigenvalue weighted by Crippen LogP contribution is 2.27. The highest BCUT2D eigenvalue weighted by atomic mass is 35.5. The molecule has 0 aliphatic rings. The molecule has 0 aliphatic carbocycles. The zero-order valence-electron chi connectivity index (χ0n) is 18.2. The molecule has 0 unspecified atom stereocenters. The third-order valence-electron chi connectivity index (χ3n) is 4.07. The van der Waals surface area contributed by atoms with Crippen LogP contribution in [0.1, 0.15) is 25.8 Å². The van der Waals surface area contributed by atoms with E-state index in [0.717, 1.165) is 0 Å². The van der Waals surface area contributed by atoms with Crippen LogP contribution in [-0.4, -0.2) is 40.4 Å². The molecule has 1 aromatic carbocycles. The average Bonchev–Trinajstić information content (AvgIpc) is 2.75. The van der Waals surface area contributed by atoms with Gasteiger partial charge in [0.05, 0.1) is 12.3 Å². The minimum atomic E-state index is -0.389. The minimum Gasteiger partial charge on any atom is -0.396 e. The molecule has 6 nitrogen and oxygen atoms in total. The standard InChI is InChI=1S/C23H26ClFN4O2S/c1-4-5-16(19-13-17(24)6-7-20(19)25)12-21(23(26-3)32-11-10-30)29-18-8-9-27-22(14-18)28-15(2)31/h5-9,12-14,30H,4,10-11H2,1-3H3,(H2,27,28,29,31)/b16-5-,21-12+,26-23?. The summed E-state index contributed by atoms with van der Waals surface area (Å²) < 4.78 is 14.6. The summed E-state index contributed by atoms with van der Waals surface area (Å²) in [6.45, 7) is 3.35. The summed E-state index contributed by atoms with van der Waals surface area (Å²) in [7, 11) is 1.65. The molecule has 1 amide bonds. The number of hydrogen-bond donors (Lipinski definition) is 3. The normalized spacial score (nSPS) is 12.6. The van der Waals surface area contributed by atoms with Crippen LogP contribution in [0.15, 0.2) is 59.4 Å². The number of pyridine rings is 1. The molecular weight excluding hydrogens is 451 g/mol. The van der Waals surface area contributed by atoms with Crippen molar-refractivity contribution in [3.05, 3.63) is 70.8 Å². The molecule has 1 aromatic heterocycles. The smallest absolute Gasteiger partial charge is 0.222 e. The van der Waals surface area contributed by atoms with Crippen LogP contribution in [0.2, 0.25) is 5.02 Å². The molecule has 0 atom stereocenters. The van der Waals surface area contributed by atoms with Gasteiger partial charge < -0.3 is 15.7 Å². The highest BCUT2D eigenvalue weighted by Gasteiger charge is 2.13. The van der Waals surface area contributed by atoms with Gasteiger partial charge in [0.15, 0.2) is 0 Å². The molecule has 0 aliphatic heterocycles. The van der Waals surface area contributed by atoms with Gasteiger partial charge >= 0.3 is 0 Å². The average molecular weight is 477 g/mol. The summed E-state index contributed by atoms with van der Waals surface area (Å²) in [6.07, 6.45) is 5.93. The number of carbonyl (C=O) groups excluding carboxylic acids is 1. The fraction of sp³-hybridized carbons (Fsp3) is 0.261. The number of nitrogens with one attached hydrogen (secondary N) is 2. The van der Waals surface area contributed by atoms with Crippen molar-refractivity contribution >= 4 is 51.4 Å². The number of halogens is 2. The number of carbonyl (C=O) groups is 1. The van der Waals surface area contributed by atoms with E-state index in [1.807, 2.05) is 13.0 Å². The zero-order chi connectivity index (χ0) is 23.5. The summed E-state index contributed by atoms with van der Waals surface area (Å²) in [4.78, 5) is 19.8. The fourth-order valence-electron chi connectivity index (χ4n) is 2.81. The molecule has 9 heteroatoms. The number of anilines is 2. The van der Waals surface area contributed by atoms with Crippen molar-refractivity contribution in [3.63, 3.8) is 0 Å². The van der Waals surface area contributed by atoms with Crippen molar-refractivity contribution in [1.82, 2.24) is 4.98 Å². The van der Waals surface area contributed by atoms with Crippen LogP contribution in [-0.2, 0) is 4.79 Å². The number of thioether (sulfide) groups is 1. The van der Waals surface area contributed by atoms with Crippen LogP contribution in [0.3, 0.4) is 0 Å². The number of rotatable bonds is 9. The predicted molar refractivity (Wildman–Crippen MR) is 133 cm³/mol. The number of aliphatic hydroxyl groups is 1. The Labute approximate surface area is 196 Å².